The Morgan fingerprint density at radius 2 is 2.20 bits per heavy atom. The summed E-state index contributed by atoms with van der Waals surface area (Å²) in [7, 11) is 0. The third kappa shape index (κ3) is 3.68. The van der Waals surface area contributed by atoms with Crippen LogP contribution in [0.25, 0.3) is 0 Å². The second kappa shape index (κ2) is 6.06. The summed E-state index contributed by atoms with van der Waals surface area (Å²) in [5.41, 5.74) is 3.41. The van der Waals surface area contributed by atoms with Crippen molar-refractivity contribution < 1.29 is 4.39 Å². The summed E-state index contributed by atoms with van der Waals surface area (Å²) in [5, 5.41) is 3.49. The predicted molar refractivity (Wildman–Crippen MR) is 79.9 cm³/mol. The lowest BCUT2D eigenvalue weighted by atomic mass is 10.1. The molecule has 0 spiro atoms. The molecule has 0 bridgehead atoms. The molecule has 0 saturated heterocycles. The summed E-state index contributed by atoms with van der Waals surface area (Å²) < 4.78 is 14.0. The third-order valence-corrected chi connectivity index (χ3v) is 4.09. The number of benzene rings is 1. The Bertz CT molecular complexity index is 506. The van der Waals surface area contributed by atoms with Crippen LogP contribution in [-0.4, -0.2) is 24.0 Å². The highest BCUT2D eigenvalue weighted by Crippen LogP contribution is 2.20. The van der Waals surface area contributed by atoms with Crippen LogP contribution in [0.15, 0.2) is 29.8 Å². The van der Waals surface area contributed by atoms with Crippen molar-refractivity contribution in [1.29, 1.82) is 0 Å². The molecule has 1 aromatic rings. The Labute approximate surface area is 120 Å². The highest BCUT2D eigenvalue weighted by Gasteiger charge is 2.20. The van der Waals surface area contributed by atoms with E-state index in [0.717, 1.165) is 31.6 Å². The van der Waals surface area contributed by atoms with Crippen LogP contribution in [0, 0.1) is 5.82 Å². The quantitative estimate of drug-likeness (QED) is 0.829. The first-order valence-electron chi connectivity index (χ1n) is 7.59. The van der Waals surface area contributed by atoms with Gasteiger partial charge in [0.25, 0.3) is 0 Å². The van der Waals surface area contributed by atoms with Gasteiger partial charge in [-0.1, -0.05) is 23.8 Å². The Kier molecular flexibility index (Phi) is 4.18. The van der Waals surface area contributed by atoms with Crippen molar-refractivity contribution in [2.24, 2.45) is 0 Å². The van der Waals surface area contributed by atoms with E-state index in [1.807, 2.05) is 12.1 Å². The van der Waals surface area contributed by atoms with Crippen LogP contribution in [0.4, 0.5) is 4.39 Å². The van der Waals surface area contributed by atoms with Gasteiger partial charge in [-0.3, -0.25) is 4.90 Å². The van der Waals surface area contributed by atoms with Gasteiger partial charge in [-0.25, -0.2) is 4.39 Å². The normalized spacial score (nSPS) is 20.0. The van der Waals surface area contributed by atoms with Gasteiger partial charge in [-0.2, -0.15) is 0 Å². The fourth-order valence-corrected chi connectivity index (χ4v) is 2.77. The van der Waals surface area contributed by atoms with E-state index < -0.39 is 0 Å². The van der Waals surface area contributed by atoms with Crippen LogP contribution in [-0.2, 0) is 13.1 Å². The lowest BCUT2D eigenvalue weighted by Crippen LogP contribution is -2.29. The summed E-state index contributed by atoms with van der Waals surface area (Å²) in [6.07, 6.45) is 5.93. The monoisotopic (exact) mass is 274 g/mol. The van der Waals surface area contributed by atoms with Crippen LogP contribution in [0.3, 0.4) is 0 Å². The average Bonchev–Trinajstić information content (AvgIpc) is 3.24. The summed E-state index contributed by atoms with van der Waals surface area (Å²) in [6.45, 7) is 5.72. The van der Waals surface area contributed by atoms with Crippen LogP contribution in [0.1, 0.15) is 37.3 Å². The number of halogens is 1. The van der Waals surface area contributed by atoms with E-state index in [4.69, 9.17) is 0 Å². The van der Waals surface area contributed by atoms with Gasteiger partial charge in [0.15, 0.2) is 0 Å². The Morgan fingerprint density at radius 1 is 1.35 bits per heavy atom. The first-order valence-corrected chi connectivity index (χ1v) is 7.59. The van der Waals surface area contributed by atoms with Crippen molar-refractivity contribution in [3.63, 3.8) is 0 Å². The van der Waals surface area contributed by atoms with Crippen LogP contribution in [0.2, 0.25) is 0 Å². The van der Waals surface area contributed by atoms with Crippen LogP contribution >= 0.6 is 0 Å². The molecular formula is C17H23FN2. The van der Waals surface area contributed by atoms with Crippen molar-refractivity contribution in [3.8, 4) is 0 Å². The van der Waals surface area contributed by atoms with E-state index in [1.54, 1.807) is 6.07 Å². The standard InChI is InChI=1S/C17H23FN2/c1-13-3-2-8-20(11-13)12-15-9-14(4-7-17(15)18)10-19-16-5-6-16/h3-4,7,9,16,19H,2,5-6,8,10-12H2,1H3. The van der Waals surface area contributed by atoms with Crippen molar-refractivity contribution in [2.75, 3.05) is 13.1 Å². The van der Waals surface area contributed by atoms with Crippen molar-refractivity contribution >= 4 is 0 Å². The second-order valence-corrected chi connectivity index (χ2v) is 6.13. The molecule has 1 aliphatic heterocycles. The maximum Gasteiger partial charge on any atom is 0.127 e. The molecule has 0 amide bonds. The molecule has 1 N–H and O–H groups in total. The fourth-order valence-electron chi connectivity index (χ4n) is 2.77. The Balaban J connectivity index is 1.64. The Hall–Kier alpha value is -1.19. The number of nitrogens with one attached hydrogen (secondary N) is 1. The molecule has 0 unspecified atom stereocenters. The number of nitrogens with zero attached hydrogens (tertiary/aromatic N) is 1. The average molecular weight is 274 g/mol. The zero-order valence-electron chi connectivity index (χ0n) is 12.2. The van der Waals surface area contributed by atoms with E-state index in [-0.39, 0.29) is 5.82 Å². The van der Waals surface area contributed by atoms with Crippen LogP contribution in [0.5, 0.6) is 0 Å². The highest BCUT2D eigenvalue weighted by molar-refractivity contribution is 5.25. The minimum atomic E-state index is -0.0765. The van der Waals surface area contributed by atoms with E-state index >= 15 is 0 Å². The maximum atomic E-state index is 14.0. The molecule has 0 atom stereocenters. The zero-order chi connectivity index (χ0) is 13.9. The maximum absolute atomic E-state index is 14.0. The van der Waals surface area contributed by atoms with Gasteiger partial charge in [0.05, 0.1) is 0 Å². The van der Waals surface area contributed by atoms with Gasteiger partial charge < -0.3 is 5.32 Å². The molecule has 1 heterocycles. The van der Waals surface area contributed by atoms with Gasteiger partial charge in [0.2, 0.25) is 0 Å². The fraction of sp³-hybridized carbons (Fsp3) is 0.529. The summed E-state index contributed by atoms with van der Waals surface area (Å²) in [6, 6.07) is 6.23. The van der Waals surface area contributed by atoms with Crippen molar-refractivity contribution in [2.45, 2.75) is 45.3 Å². The summed E-state index contributed by atoms with van der Waals surface area (Å²) in [4.78, 5) is 2.33. The van der Waals surface area contributed by atoms with E-state index in [9.17, 15) is 4.39 Å². The molecule has 2 aliphatic rings. The molecule has 1 aliphatic carbocycles. The molecule has 108 valence electrons. The van der Waals surface area contributed by atoms with Crippen molar-refractivity contribution in [3.05, 3.63) is 46.8 Å². The van der Waals surface area contributed by atoms with Crippen LogP contribution < -0.4 is 5.32 Å². The summed E-state index contributed by atoms with van der Waals surface area (Å²) in [5.74, 6) is -0.0765. The zero-order valence-corrected chi connectivity index (χ0v) is 12.2. The third-order valence-electron chi connectivity index (χ3n) is 4.09. The molecule has 0 aromatic heterocycles. The molecule has 1 saturated carbocycles. The van der Waals surface area contributed by atoms with E-state index in [0.29, 0.717) is 12.6 Å². The van der Waals surface area contributed by atoms with Gasteiger partial charge >= 0.3 is 0 Å². The molecular weight excluding hydrogens is 251 g/mol. The second-order valence-electron chi connectivity index (χ2n) is 6.13. The number of hydrogen-bond acceptors (Lipinski definition) is 2. The molecule has 20 heavy (non-hydrogen) atoms. The van der Waals surface area contributed by atoms with Crippen molar-refractivity contribution in [1.82, 2.24) is 10.2 Å². The smallest absolute Gasteiger partial charge is 0.127 e. The number of rotatable bonds is 5. The SMILES string of the molecule is CC1=CCCN(Cc2cc(CNC3CC3)ccc2F)C1. The lowest BCUT2D eigenvalue weighted by Gasteiger charge is -2.26. The van der Waals surface area contributed by atoms with Gasteiger partial charge in [0, 0.05) is 37.8 Å². The minimum absolute atomic E-state index is 0.0765. The number of hydrogen-bond donors (Lipinski definition) is 1. The molecule has 3 rings (SSSR count). The van der Waals surface area contributed by atoms with Gasteiger partial charge in [-0.05, 0) is 37.8 Å². The largest absolute Gasteiger partial charge is 0.310 e. The Morgan fingerprint density at radius 3 is 2.95 bits per heavy atom. The molecule has 1 fully saturated rings. The van der Waals surface area contributed by atoms with E-state index in [2.05, 4.69) is 23.2 Å². The minimum Gasteiger partial charge on any atom is -0.310 e. The predicted octanol–water partition coefficient (Wildman–Crippen LogP) is 3.23. The topological polar surface area (TPSA) is 15.3 Å². The first-order chi connectivity index (χ1) is 9.70. The molecule has 0 radical (unpaired) electrons. The van der Waals surface area contributed by atoms with Gasteiger partial charge in [0.1, 0.15) is 5.82 Å². The highest BCUT2D eigenvalue weighted by atomic mass is 19.1. The molecule has 1 aromatic carbocycles. The lowest BCUT2D eigenvalue weighted by molar-refractivity contribution is 0.278. The van der Waals surface area contributed by atoms with Gasteiger partial charge in [-0.15, -0.1) is 0 Å². The first kappa shape index (κ1) is 13.8. The molecule has 3 heteroatoms. The summed E-state index contributed by atoms with van der Waals surface area (Å²) >= 11 is 0. The van der Waals surface area contributed by atoms with E-state index in [1.165, 1.54) is 24.0 Å². The molecule has 2 nitrogen and oxygen atoms in total.